The molecule has 1 saturated carbocycles. The van der Waals surface area contributed by atoms with Crippen molar-refractivity contribution in [2.24, 2.45) is 11.3 Å². The average molecular weight is 340 g/mol. The highest BCUT2D eigenvalue weighted by Gasteiger charge is 2.34. The second kappa shape index (κ2) is 6.38. The van der Waals surface area contributed by atoms with Crippen LogP contribution in [0.4, 0.5) is 5.69 Å². The summed E-state index contributed by atoms with van der Waals surface area (Å²) in [7, 11) is 1.71. The maximum absolute atomic E-state index is 5.35. The van der Waals surface area contributed by atoms with E-state index < -0.39 is 0 Å². The molecule has 1 aromatic carbocycles. The molecule has 0 heterocycles. The highest BCUT2D eigenvalue weighted by Crippen LogP contribution is 2.39. The zero-order valence-corrected chi connectivity index (χ0v) is 14.6. The molecule has 1 fully saturated rings. The maximum Gasteiger partial charge on any atom is 0.122 e. The van der Waals surface area contributed by atoms with Crippen LogP contribution in [0.5, 0.6) is 5.75 Å². The Bertz CT molecular complexity index is 453. The van der Waals surface area contributed by atoms with Crippen molar-refractivity contribution in [3.63, 3.8) is 0 Å². The summed E-state index contributed by atoms with van der Waals surface area (Å²) in [4.78, 5) is 0. The molecule has 3 heteroatoms. The van der Waals surface area contributed by atoms with E-state index in [0.29, 0.717) is 11.5 Å². The maximum atomic E-state index is 5.35. The molecule has 2 rings (SSSR count). The molecule has 20 heavy (non-hydrogen) atoms. The van der Waals surface area contributed by atoms with E-state index in [9.17, 15) is 0 Å². The van der Waals surface area contributed by atoms with E-state index >= 15 is 0 Å². The zero-order valence-electron chi connectivity index (χ0n) is 13.0. The van der Waals surface area contributed by atoms with Crippen LogP contribution in [0.2, 0.25) is 0 Å². The van der Waals surface area contributed by atoms with Gasteiger partial charge in [-0.25, -0.2) is 0 Å². The van der Waals surface area contributed by atoms with Crippen LogP contribution in [0.15, 0.2) is 22.7 Å². The predicted octanol–water partition coefficient (Wildman–Crippen LogP) is 5.47. The van der Waals surface area contributed by atoms with Crippen molar-refractivity contribution in [2.75, 3.05) is 12.4 Å². The number of rotatable bonds is 3. The summed E-state index contributed by atoms with van der Waals surface area (Å²) in [5.74, 6) is 1.62. The first-order chi connectivity index (χ1) is 9.40. The van der Waals surface area contributed by atoms with Crippen molar-refractivity contribution in [3.8, 4) is 5.75 Å². The number of ether oxygens (including phenoxy) is 1. The molecule has 0 amide bonds. The van der Waals surface area contributed by atoms with E-state index in [0.717, 1.165) is 21.8 Å². The summed E-state index contributed by atoms with van der Waals surface area (Å²) in [6, 6.07) is 6.77. The topological polar surface area (TPSA) is 21.3 Å². The smallest absolute Gasteiger partial charge is 0.122 e. The summed E-state index contributed by atoms with van der Waals surface area (Å²) in [6.07, 6.45) is 5.28. The zero-order chi connectivity index (χ0) is 14.8. The number of methoxy groups -OCH3 is 1. The van der Waals surface area contributed by atoms with Crippen LogP contribution in [-0.4, -0.2) is 13.2 Å². The van der Waals surface area contributed by atoms with E-state index in [4.69, 9.17) is 4.74 Å². The van der Waals surface area contributed by atoms with Crippen molar-refractivity contribution in [3.05, 3.63) is 22.7 Å². The fourth-order valence-electron chi connectivity index (χ4n) is 3.32. The number of anilines is 1. The van der Waals surface area contributed by atoms with E-state index in [1.165, 1.54) is 25.7 Å². The Hall–Kier alpha value is -0.700. The Balaban J connectivity index is 2.16. The molecule has 1 N–H and O–H groups in total. The van der Waals surface area contributed by atoms with Gasteiger partial charge in [-0.05, 0) is 36.3 Å². The van der Waals surface area contributed by atoms with E-state index in [2.05, 4.69) is 54.2 Å². The van der Waals surface area contributed by atoms with Gasteiger partial charge < -0.3 is 10.1 Å². The van der Waals surface area contributed by atoms with Gasteiger partial charge in [-0.2, -0.15) is 0 Å². The van der Waals surface area contributed by atoms with Gasteiger partial charge in [-0.15, -0.1) is 0 Å². The van der Waals surface area contributed by atoms with Crippen molar-refractivity contribution in [2.45, 2.75) is 52.5 Å². The molecular formula is C17H26BrNO. The molecule has 2 atom stereocenters. The lowest BCUT2D eigenvalue weighted by Crippen LogP contribution is -2.39. The summed E-state index contributed by atoms with van der Waals surface area (Å²) in [5, 5.41) is 3.74. The average Bonchev–Trinajstić information content (AvgIpc) is 2.37. The summed E-state index contributed by atoms with van der Waals surface area (Å²) >= 11 is 3.55. The lowest BCUT2D eigenvalue weighted by molar-refractivity contribution is 0.163. The molecule has 0 spiro atoms. The molecule has 0 saturated heterocycles. The minimum atomic E-state index is 0.355. The molecule has 2 unspecified atom stereocenters. The molecule has 0 aliphatic heterocycles. The highest BCUT2D eigenvalue weighted by atomic mass is 79.9. The van der Waals surface area contributed by atoms with Crippen LogP contribution in [-0.2, 0) is 0 Å². The molecule has 1 aromatic rings. The van der Waals surface area contributed by atoms with Gasteiger partial charge in [0, 0.05) is 22.3 Å². The van der Waals surface area contributed by atoms with Crippen molar-refractivity contribution >= 4 is 21.6 Å². The summed E-state index contributed by atoms with van der Waals surface area (Å²) < 4.78 is 6.41. The largest absolute Gasteiger partial charge is 0.497 e. The number of hydrogen-bond acceptors (Lipinski definition) is 2. The van der Waals surface area contributed by atoms with Crippen LogP contribution in [0.25, 0.3) is 0 Å². The Morgan fingerprint density at radius 3 is 2.50 bits per heavy atom. The van der Waals surface area contributed by atoms with Crippen LogP contribution in [0.1, 0.15) is 46.5 Å². The van der Waals surface area contributed by atoms with Crippen molar-refractivity contribution < 1.29 is 4.74 Å². The van der Waals surface area contributed by atoms with Gasteiger partial charge in [-0.3, -0.25) is 0 Å². The monoisotopic (exact) mass is 339 g/mol. The van der Waals surface area contributed by atoms with Crippen LogP contribution < -0.4 is 10.1 Å². The lowest BCUT2D eigenvalue weighted by Gasteiger charge is -2.41. The minimum Gasteiger partial charge on any atom is -0.497 e. The third kappa shape index (κ3) is 3.91. The molecule has 1 aliphatic carbocycles. The van der Waals surface area contributed by atoms with Gasteiger partial charge in [0.2, 0.25) is 0 Å². The van der Waals surface area contributed by atoms with Gasteiger partial charge >= 0.3 is 0 Å². The van der Waals surface area contributed by atoms with E-state index in [-0.39, 0.29) is 0 Å². The molecule has 2 nitrogen and oxygen atoms in total. The first-order valence-corrected chi connectivity index (χ1v) is 8.30. The molecular weight excluding hydrogens is 314 g/mol. The Kier molecular flexibility index (Phi) is 5.00. The SMILES string of the molecule is COc1cc(Br)cc(NC2CCCCC2C(C)(C)C)c1. The molecule has 0 bridgehead atoms. The number of benzene rings is 1. The minimum absolute atomic E-state index is 0.355. The number of halogens is 1. The Morgan fingerprint density at radius 1 is 1.15 bits per heavy atom. The first kappa shape index (κ1) is 15.7. The van der Waals surface area contributed by atoms with Gasteiger partial charge in [-0.1, -0.05) is 49.5 Å². The molecule has 0 radical (unpaired) electrons. The highest BCUT2D eigenvalue weighted by molar-refractivity contribution is 9.10. The fourth-order valence-corrected chi connectivity index (χ4v) is 3.79. The Labute approximate surface area is 131 Å². The van der Waals surface area contributed by atoms with Crippen LogP contribution in [0.3, 0.4) is 0 Å². The number of hydrogen-bond donors (Lipinski definition) is 1. The molecule has 0 aromatic heterocycles. The first-order valence-electron chi connectivity index (χ1n) is 7.51. The van der Waals surface area contributed by atoms with Crippen molar-refractivity contribution in [1.29, 1.82) is 0 Å². The van der Waals surface area contributed by atoms with Crippen molar-refractivity contribution in [1.82, 2.24) is 0 Å². The second-order valence-corrected chi connectivity index (χ2v) is 7.80. The lowest BCUT2D eigenvalue weighted by atomic mass is 9.69. The van der Waals surface area contributed by atoms with Crippen LogP contribution >= 0.6 is 15.9 Å². The van der Waals surface area contributed by atoms with E-state index in [1.54, 1.807) is 7.11 Å². The summed E-state index contributed by atoms with van der Waals surface area (Å²) in [5.41, 5.74) is 1.51. The third-order valence-electron chi connectivity index (χ3n) is 4.34. The quantitative estimate of drug-likeness (QED) is 0.787. The standard InChI is InChI=1S/C17H26BrNO/c1-17(2,3)15-7-5-6-8-16(15)19-13-9-12(18)10-14(11-13)20-4/h9-11,15-16,19H,5-8H2,1-4H3. The van der Waals surface area contributed by atoms with Gasteiger partial charge in [0.25, 0.3) is 0 Å². The van der Waals surface area contributed by atoms with E-state index in [1.807, 2.05) is 6.07 Å². The predicted molar refractivity (Wildman–Crippen MR) is 89.5 cm³/mol. The van der Waals surface area contributed by atoms with Gasteiger partial charge in [0.15, 0.2) is 0 Å². The normalized spacial score (nSPS) is 23.4. The fraction of sp³-hybridized carbons (Fsp3) is 0.647. The molecule has 112 valence electrons. The van der Waals surface area contributed by atoms with Gasteiger partial charge in [0.1, 0.15) is 5.75 Å². The summed E-state index contributed by atoms with van der Waals surface area (Å²) in [6.45, 7) is 7.08. The van der Waals surface area contributed by atoms with Crippen LogP contribution in [0, 0.1) is 11.3 Å². The molecule has 1 aliphatic rings. The third-order valence-corrected chi connectivity index (χ3v) is 4.80. The van der Waals surface area contributed by atoms with Gasteiger partial charge in [0.05, 0.1) is 7.11 Å². The second-order valence-electron chi connectivity index (χ2n) is 6.89. The Morgan fingerprint density at radius 2 is 1.85 bits per heavy atom. The number of nitrogens with one attached hydrogen (secondary N) is 1.